The third-order valence-corrected chi connectivity index (χ3v) is 8.88. The van der Waals surface area contributed by atoms with Gasteiger partial charge in [-0.1, -0.05) is 6.07 Å². The van der Waals surface area contributed by atoms with Crippen molar-refractivity contribution >= 4 is 21.8 Å². The monoisotopic (exact) mass is 600 g/mol. The van der Waals surface area contributed by atoms with E-state index in [9.17, 15) is 36.3 Å². The van der Waals surface area contributed by atoms with Crippen LogP contribution in [0.3, 0.4) is 0 Å². The first kappa shape index (κ1) is 30.9. The number of nitrogens with zero attached hydrogens (tertiary/aromatic N) is 4. The number of aliphatic hydroxyl groups is 1. The molecule has 11 nitrogen and oxygen atoms in total. The van der Waals surface area contributed by atoms with E-state index >= 15 is 0 Å². The number of carbonyl (C=O) groups is 2. The molecule has 1 saturated heterocycles. The Morgan fingerprint density at radius 1 is 1.20 bits per heavy atom. The van der Waals surface area contributed by atoms with Gasteiger partial charge < -0.3 is 21.1 Å². The van der Waals surface area contributed by atoms with Crippen LogP contribution < -0.4 is 11.1 Å². The number of rotatable bonds is 9. The van der Waals surface area contributed by atoms with Gasteiger partial charge in [-0.2, -0.15) is 22.6 Å². The minimum atomic E-state index is -4.79. The van der Waals surface area contributed by atoms with Gasteiger partial charge in [0.15, 0.2) is 0 Å². The smallest absolute Gasteiger partial charge is 0.390 e. The molecule has 2 amide bonds. The van der Waals surface area contributed by atoms with Gasteiger partial charge in [-0.3, -0.25) is 14.3 Å². The van der Waals surface area contributed by atoms with Crippen LogP contribution in [0.5, 0.6) is 0 Å². The molecule has 0 aliphatic carbocycles. The number of hydrogen-bond acceptors (Lipinski definition) is 7. The fourth-order valence-corrected chi connectivity index (χ4v) is 6.28. The number of benzene rings is 1. The molecule has 0 radical (unpaired) electrons. The summed E-state index contributed by atoms with van der Waals surface area (Å²) in [5.74, 6) is -0.937. The van der Waals surface area contributed by atoms with Crippen LogP contribution in [0.15, 0.2) is 18.2 Å². The van der Waals surface area contributed by atoms with E-state index < -0.39 is 39.3 Å². The lowest BCUT2D eigenvalue weighted by molar-refractivity contribution is -0.137. The SMILES string of the molecule is CC(=O)NCC1CCN(CC(O)Cn2nc(-c3ccc(C(F)(F)F)c(C(N)=O)c3)c3c2CCN(S(C)(=O)=O)C3)CC1. The molecule has 15 heteroatoms. The van der Waals surface area contributed by atoms with E-state index in [4.69, 9.17) is 5.73 Å². The second-order valence-electron chi connectivity index (χ2n) is 10.8. The quantitative estimate of drug-likeness (QED) is 0.391. The summed E-state index contributed by atoms with van der Waals surface area (Å²) >= 11 is 0. The van der Waals surface area contributed by atoms with Crippen molar-refractivity contribution in [2.45, 2.75) is 51.6 Å². The van der Waals surface area contributed by atoms with Gasteiger partial charge in [0.05, 0.1) is 35.7 Å². The summed E-state index contributed by atoms with van der Waals surface area (Å²) in [5, 5.41) is 18.4. The van der Waals surface area contributed by atoms with Crippen molar-refractivity contribution in [3.05, 3.63) is 40.6 Å². The maximum absolute atomic E-state index is 13.5. The van der Waals surface area contributed by atoms with E-state index in [0.29, 0.717) is 36.7 Å². The van der Waals surface area contributed by atoms with Crippen LogP contribution in [-0.2, 0) is 40.5 Å². The number of nitrogens with two attached hydrogens (primary N) is 1. The van der Waals surface area contributed by atoms with Gasteiger partial charge in [-0.05, 0) is 44.0 Å². The number of likely N-dealkylation sites (tertiary alicyclic amines) is 1. The minimum Gasteiger partial charge on any atom is -0.390 e. The number of alkyl halides is 3. The van der Waals surface area contributed by atoms with Gasteiger partial charge in [0.2, 0.25) is 21.8 Å². The molecule has 4 N–H and O–H groups in total. The molecule has 2 aromatic rings. The van der Waals surface area contributed by atoms with Gasteiger partial charge in [0, 0.05) is 56.3 Å². The lowest BCUT2D eigenvalue weighted by Crippen LogP contribution is -2.42. The van der Waals surface area contributed by atoms with Crippen molar-refractivity contribution < 1.29 is 36.3 Å². The number of carbonyl (C=O) groups excluding carboxylic acids is 2. The highest BCUT2D eigenvalue weighted by atomic mass is 32.2. The Labute approximate surface area is 236 Å². The second kappa shape index (κ2) is 12.1. The molecule has 226 valence electrons. The molecule has 1 atom stereocenters. The summed E-state index contributed by atoms with van der Waals surface area (Å²) < 4.78 is 67.9. The summed E-state index contributed by atoms with van der Waals surface area (Å²) in [6, 6.07) is 2.98. The Kier molecular flexibility index (Phi) is 9.11. The average Bonchev–Trinajstić information content (AvgIpc) is 3.24. The first-order chi connectivity index (χ1) is 19.1. The van der Waals surface area contributed by atoms with Gasteiger partial charge in [-0.15, -0.1) is 0 Å². The molecule has 3 heterocycles. The number of nitrogens with one attached hydrogen (secondary N) is 1. The highest BCUT2D eigenvalue weighted by molar-refractivity contribution is 7.88. The van der Waals surface area contributed by atoms with Crippen LogP contribution in [0.4, 0.5) is 13.2 Å². The van der Waals surface area contributed by atoms with E-state index in [1.807, 2.05) is 0 Å². The number of piperidine rings is 1. The number of β-amino-alcohol motifs (C(OH)–C–C–N with tert-alkyl or cyclic N) is 1. The fourth-order valence-electron chi connectivity index (χ4n) is 5.49. The maximum atomic E-state index is 13.5. The number of hydrogen-bond donors (Lipinski definition) is 3. The lowest BCUT2D eigenvalue weighted by Gasteiger charge is -2.33. The van der Waals surface area contributed by atoms with E-state index in [1.54, 1.807) is 4.68 Å². The Morgan fingerprint density at radius 2 is 1.88 bits per heavy atom. The van der Waals surface area contributed by atoms with Crippen molar-refractivity contribution in [3.63, 3.8) is 0 Å². The Hall–Kier alpha value is -3.01. The van der Waals surface area contributed by atoms with Crippen molar-refractivity contribution in [1.82, 2.24) is 24.3 Å². The molecule has 2 aliphatic heterocycles. The predicted octanol–water partition coefficient (Wildman–Crippen LogP) is 1.19. The zero-order chi connectivity index (χ0) is 30.1. The molecule has 0 saturated carbocycles. The summed E-state index contributed by atoms with van der Waals surface area (Å²) in [7, 11) is -3.57. The molecule has 41 heavy (non-hydrogen) atoms. The number of amides is 2. The number of aliphatic hydroxyl groups excluding tert-OH is 1. The number of aromatic nitrogens is 2. The largest absolute Gasteiger partial charge is 0.417 e. The van der Waals surface area contributed by atoms with Gasteiger partial charge in [0.25, 0.3) is 0 Å². The molecule has 0 spiro atoms. The van der Waals surface area contributed by atoms with Crippen LogP contribution in [0, 0.1) is 5.92 Å². The molecule has 2 aliphatic rings. The van der Waals surface area contributed by atoms with Crippen LogP contribution in [0.25, 0.3) is 11.3 Å². The molecular formula is C26H35F3N6O5S. The van der Waals surface area contributed by atoms with Gasteiger partial charge in [-0.25, -0.2) is 8.42 Å². The lowest BCUT2D eigenvalue weighted by atomic mass is 9.96. The van der Waals surface area contributed by atoms with E-state index in [2.05, 4.69) is 15.3 Å². The second-order valence-corrected chi connectivity index (χ2v) is 12.7. The highest BCUT2D eigenvalue weighted by Crippen LogP contribution is 2.36. The summed E-state index contributed by atoms with van der Waals surface area (Å²) in [6.07, 6.45) is -2.48. The Morgan fingerprint density at radius 3 is 2.46 bits per heavy atom. The number of fused-ring (bicyclic) bond motifs is 1. The van der Waals surface area contributed by atoms with Gasteiger partial charge >= 0.3 is 6.18 Å². The third-order valence-electron chi connectivity index (χ3n) is 7.63. The molecule has 4 rings (SSSR count). The third kappa shape index (κ3) is 7.45. The fraction of sp³-hybridized carbons (Fsp3) is 0.577. The van der Waals surface area contributed by atoms with Crippen LogP contribution in [0.2, 0.25) is 0 Å². The number of sulfonamides is 1. The zero-order valence-corrected chi connectivity index (χ0v) is 23.8. The van der Waals surface area contributed by atoms with Gasteiger partial charge in [0.1, 0.15) is 0 Å². The Balaban J connectivity index is 1.58. The minimum absolute atomic E-state index is 0.0473. The molecule has 1 aromatic carbocycles. The first-order valence-electron chi connectivity index (χ1n) is 13.3. The van der Waals surface area contributed by atoms with E-state index in [1.165, 1.54) is 17.3 Å². The van der Waals surface area contributed by atoms with Crippen LogP contribution >= 0.6 is 0 Å². The summed E-state index contributed by atoms with van der Waals surface area (Å²) in [5.41, 5.74) is 4.98. The Bertz CT molecular complexity index is 1400. The normalized spacial score (nSPS) is 18.2. The number of primary amides is 1. The average molecular weight is 601 g/mol. The maximum Gasteiger partial charge on any atom is 0.417 e. The summed E-state index contributed by atoms with van der Waals surface area (Å²) in [4.78, 5) is 25.2. The van der Waals surface area contributed by atoms with Crippen molar-refractivity contribution in [2.24, 2.45) is 11.7 Å². The van der Waals surface area contributed by atoms with E-state index in [-0.39, 0.29) is 36.8 Å². The zero-order valence-electron chi connectivity index (χ0n) is 22.9. The predicted molar refractivity (Wildman–Crippen MR) is 144 cm³/mol. The van der Waals surface area contributed by atoms with Crippen LogP contribution in [-0.4, -0.2) is 89.4 Å². The topological polar surface area (TPSA) is 151 Å². The first-order valence-corrected chi connectivity index (χ1v) is 15.2. The van der Waals surface area contributed by atoms with E-state index in [0.717, 1.165) is 44.3 Å². The molecule has 0 bridgehead atoms. The van der Waals surface area contributed by atoms with Crippen LogP contribution in [0.1, 0.15) is 46.9 Å². The molecule has 1 fully saturated rings. The number of halogens is 3. The molecule has 1 aromatic heterocycles. The molecule has 1 unspecified atom stereocenters. The van der Waals surface area contributed by atoms with Crippen molar-refractivity contribution in [2.75, 3.05) is 39.0 Å². The van der Waals surface area contributed by atoms with Crippen molar-refractivity contribution in [1.29, 1.82) is 0 Å². The highest BCUT2D eigenvalue weighted by Gasteiger charge is 2.36. The van der Waals surface area contributed by atoms with Crippen molar-refractivity contribution in [3.8, 4) is 11.3 Å². The molecular weight excluding hydrogens is 565 g/mol. The summed E-state index contributed by atoms with van der Waals surface area (Å²) in [6.45, 7) is 4.23. The standard InChI is InChI=1S/C26H35F3N6O5S/c1-16(36)31-12-17-5-8-33(9-6-17)13-19(37)14-35-23-7-10-34(41(2,39)40)15-21(23)24(32-35)18-3-4-22(26(27,28)29)20(11-18)25(30)38/h3-4,11,17,19,37H,5-10,12-15H2,1-2H3,(H2,30,38)(H,31,36).